The van der Waals surface area contributed by atoms with Gasteiger partial charge in [-0.2, -0.15) is 0 Å². The Morgan fingerprint density at radius 3 is 2.68 bits per heavy atom. The summed E-state index contributed by atoms with van der Waals surface area (Å²) in [5, 5.41) is 6.60. The van der Waals surface area contributed by atoms with Crippen molar-refractivity contribution in [2.45, 2.75) is 57.3 Å². The third-order valence-corrected chi connectivity index (χ3v) is 4.98. The normalized spacial score (nSPS) is 27.4. The van der Waals surface area contributed by atoms with E-state index >= 15 is 0 Å². The molecule has 0 radical (unpaired) electrons. The molecule has 22 heavy (non-hydrogen) atoms. The number of methoxy groups -OCH3 is 1. The number of nitrogens with one attached hydrogen (secondary N) is 2. The molecule has 4 nitrogen and oxygen atoms in total. The third-order valence-electron chi connectivity index (χ3n) is 4.98. The Bertz CT molecular complexity index is 486. The molecule has 3 atom stereocenters. The average molecular weight is 302 g/mol. The lowest BCUT2D eigenvalue weighted by Crippen LogP contribution is -2.42. The fourth-order valence-electron chi connectivity index (χ4n) is 3.75. The standard InChI is InChI=1S/C18H26N2O2/c1-22-12-14-8-6-13(7-9-14)11-19-18(21)17-10-15-4-2-3-5-16(15)20-17/h6-9,15-17,20H,2-5,10-12H2,1H3,(H,19,21). The lowest BCUT2D eigenvalue weighted by atomic mass is 9.85. The van der Waals surface area contributed by atoms with Crippen LogP contribution < -0.4 is 10.6 Å². The van der Waals surface area contributed by atoms with Crippen LogP contribution in [0.1, 0.15) is 43.2 Å². The summed E-state index contributed by atoms with van der Waals surface area (Å²) in [4.78, 5) is 12.3. The van der Waals surface area contributed by atoms with Crippen molar-refractivity contribution in [3.63, 3.8) is 0 Å². The van der Waals surface area contributed by atoms with Crippen molar-refractivity contribution in [2.24, 2.45) is 5.92 Å². The molecule has 2 N–H and O–H groups in total. The molecule has 120 valence electrons. The van der Waals surface area contributed by atoms with Gasteiger partial charge in [0, 0.05) is 19.7 Å². The van der Waals surface area contributed by atoms with Gasteiger partial charge in [0.1, 0.15) is 0 Å². The minimum Gasteiger partial charge on any atom is -0.380 e. The van der Waals surface area contributed by atoms with Crippen LogP contribution in [0.4, 0.5) is 0 Å². The van der Waals surface area contributed by atoms with E-state index in [0.29, 0.717) is 25.1 Å². The SMILES string of the molecule is COCc1ccc(CNC(=O)C2CC3CCCCC3N2)cc1. The predicted molar refractivity (Wildman–Crippen MR) is 86.3 cm³/mol. The first-order valence-corrected chi connectivity index (χ1v) is 8.37. The molecule has 1 aromatic rings. The van der Waals surface area contributed by atoms with E-state index in [-0.39, 0.29) is 11.9 Å². The van der Waals surface area contributed by atoms with Gasteiger partial charge in [0.05, 0.1) is 12.6 Å². The van der Waals surface area contributed by atoms with Gasteiger partial charge in [0.15, 0.2) is 0 Å². The Morgan fingerprint density at radius 2 is 1.95 bits per heavy atom. The summed E-state index contributed by atoms with van der Waals surface area (Å²) in [6.45, 7) is 1.22. The average Bonchev–Trinajstić information content (AvgIpc) is 2.98. The topological polar surface area (TPSA) is 50.4 Å². The van der Waals surface area contributed by atoms with E-state index in [1.807, 2.05) is 12.1 Å². The molecular weight excluding hydrogens is 276 g/mol. The van der Waals surface area contributed by atoms with Crippen LogP contribution in [-0.4, -0.2) is 25.1 Å². The Labute approximate surface area is 132 Å². The summed E-state index contributed by atoms with van der Waals surface area (Å²) < 4.78 is 5.10. The van der Waals surface area contributed by atoms with Gasteiger partial charge in [-0.1, -0.05) is 37.1 Å². The number of hydrogen-bond acceptors (Lipinski definition) is 3. The molecule has 1 heterocycles. The summed E-state index contributed by atoms with van der Waals surface area (Å²) in [6, 6.07) is 8.77. The molecule has 3 unspecified atom stereocenters. The van der Waals surface area contributed by atoms with Crippen molar-refractivity contribution in [1.29, 1.82) is 0 Å². The maximum Gasteiger partial charge on any atom is 0.237 e. The minimum atomic E-state index is 0.000801. The maximum atomic E-state index is 12.3. The molecule has 1 aromatic carbocycles. The van der Waals surface area contributed by atoms with Crippen LogP contribution in [0.15, 0.2) is 24.3 Å². The molecule has 1 aliphatic carbocycles. The number of fused-ring (bicyclic) bond motifs is 1. The molecule has 3 rings (SSSR count). The summed E-state index contributed by atoms with van der Waals surface area (Å²) in [6.07, 6.45) is 6.14. The fourth-order valence-corrected chi connectivity index (χ4v) is 3.75. The van der Waals surface area contributed by atoms with Crippen LogP contribution in [0.3, 0.4) is 0 Å². The van der Waals surface area contributed by atoms with Crippen molar-refractivity contribution in [1.82, 2.24) is 10.6 Å². The molecule has 1 saturated heterocycles. The highest BCUT2D eigenvalue weighted by molar-refractivity contribution is 5.82. The summed E-state index contributed by atoms with van der Waals surface area (Å²) >= 11 is 0. The van der Waals surface area contributed by atoms with Crippen molar-refractivity contribution in [2.75, 3.05) is 7.11 Å². The molecule has 4 heteroatoms. The van der Waals surface area contributed by atoms with Crippen molar-refractivity contribution < 1.29 is 9.53 Å². The second-order valence-electron chi connectivity index (χ2n) is 6.57. The van der Waals surface area contributed by atoms with Crippen LogP contribution in [0.25, 0.3) is 0 Å². The number of rotatable bonds is 5. The smallest absolute Gasteiger partial charge is 0.237 e. The van der Waals surface area contributed by atoms with Crippen LogP contribution in [0.2, 0.25) is 0 Å². The van der Waals surface area contributed by atoms with E-state index < -0.39 is 0 Å². The van der Waals surface area contributed by atoms with Crippen LogP contribution >= 0.6 is 0 Å². The highest BCUT2D eigenvalue weighted by Gasteiger charge is 2.37. The second kappa shape index (κ2) is 7.25. The number of carbonyl (C=O) groups is 1. The number of ether oxygens (including phenoxy) is 1. The van der Waals surface area contributed by atoms with Gasteiger partial charge in [0.25, 0.3) is 0 Å². The first-order valence-electron chi connectivity index (χ1n) is 8.37. The fraction of sp³-hybridized carbons (Fsp3) is 0.611. The van der Waals surface area contributed by atoms with E-state index in [0.717, 1.165) is 17.5 Å². The number of benzene rings is 1. The Balaban J connectivity index is 1.48. The van der Waals surface area contributed by atoms with Crippen LogP contribution in [-0.2, 0) is 22.7 Å². The van der Waals surface area contributed by atoms with E-state index in [1.54, 1.807) is 7.11 Å². The summed E-state index contributed by atoms with van der Waals surface area (Å²) in [7, 11) is 1.69. The number of amides is 1. The van der Waals surface area contributed by atoms with Crippen LogP contribution in [0, 0.1) is 5.92 Å². The Hall–Kier alpha value is -1.39. The molecule has 0 aromatic heterocycles. The number of carbonyl (C=O) groups excluding carboxylic acids is 1. The molecule has 1 amide bonds. The zero-order valence-corrected chi connectivity index (χ0v) is 13.3. The van der Waals surface area contributed by atoms with Crippen molar-refractivity contribution in [3.05, 3.63) is 35.4 Å². The highest BCUT2D eigenvalue weighted by Crippen LogP contribution is 2.33. The highest BCUT2D eigenvalue weighted by atomic mass is 16.5. The van der Waals surface area contributed by atoms with E-state index in [1.165, 1.54) is 25.7 Å². The van der Waals surface area contributed by atoms with Gasteiger partial charge in [-0.05, 0) is 36.3 Å². The molecular formula is C18H26N2O2. The zero-order valence-electron chi connectivity index (χ0n) is 13.3. The third kappa shape index (κ3) is 3.68. The van der Waals surface area contributed by atoms with Crippen LogP contribution in [0.5, 0.6) is 0 Å². The number of hydrogen-bond donors (Lipinski definition) is 2. The largest absolute Gasteiger partial charge is 0.380 e. The summed E-state index contributed by atoms with van der Waals surface area (Å²) in [5.74, 6) is 0.855. The Morgan fingerprint density at radius 1 is 1.23 bits per heavy atom. The first-order chi connectivity index (χ1) is 10.8. The predicted octanol–water partition coefficient (Wildman–Crippen LogP) is 2.37. The lowest BCUT2D eigenvalue weighted by Gasteiger charge is -2.24. The molecule has 1 aliphatic heterocycles. The van der Waals surface area contributed by atoms with Gasteiger partial charge in [-0.15, -0.1) is 0 Å². The quantitative estimate of drug-likeness (QED) is 0.878. The molecule has 0 bridgehead atoms. The van der Waals surface area contributed by atoms with Gasteiger partial charge >= 0.3 is 0 Å². The first kappa shape index (κ1) is 15.5. The van der Waals surface area contributed by atoms with Gasteiger partial charge < -0.3 is 15.4 Å². The molecule has 2 fully saturated rings. The van der Waals surface area contributed by atoms with E-state index in [9.17, 15) is 4.79 Å². The van der Waals surface area contributed by atoms with E-state index in [2.05, 4.69) is 22.8 Å². The van der Waals surface area contributed by atoms with Gasteiger partial charge in [-0.25, -0.2) is 0 Å². The zero-order chi connectivity index (χ0) is 15.4. The van der Waals surface area contributed by atoms with Crippen molar-refractivity contribution >= 4 is 5.91 Å². The Kier molecular flexibility index (Phi) is 5.11. The minimum absolute atomic E-state index is 0.000801. The summed E-state index contributed by atoms with van der Waals surface area (Å²) in [5.41, 5.74) is 2.28. The molecule has 2 aliphatic rings. The van der Waals surface area contributed by atoms with Gasteiger partial charge in [-0.3, -0.25) is 4.79 Å². The van der Waals surface area contributed by atoms with E-state index in [4.69, 9.17) is 4.74 Å². The lowest BCUT2D eigenvalue weighted by molar-refractivity contribution is -0.123. The van der Waals surface area contributed by atoms with Gasteiger partial charge in [0.2, 0.25) is 5.91 Å². The molecule has 0 spiro atoms. The van der Waals surface area contributed by atoms with Crippen molar-refractivity contribution in [3.8, 4) is 0 Å². The molecule has 1 saturated carbocycles. The maximum absolute atomic E-state index is 12.3. The monoisotopic (exact) mass is 302 g/mol. The second-order valence-corrected chi connectivity index (χ2v) is 6.57.